The lowest BCUT2D eigenvalue weighted by molar-refractivity contribution is -0.144. The summed E-state index contributed by atoms with van der Waals surface area (Å²) in [6.45, 7) is 13.5. The lowest BCUT2D eigenvalue weighted by Gasteiger charge is -2.35. The number of nitrogens with one attached hydrogen (secondary N) is 6. The molecule has 4 heterocycles. The van der Waals surface area contributed by atoms with Gasteiger partial charge in [-0.15, -0.1) is 23.5 Å². The second-order valence-electron chi connectivity index (χ2n) is 22.0. The summed E-state index contributed by atoms with van der Waals surface area (Å²) in [6.07, 6.45) is 10.8. The van der Waals surface area contributed by atoms with Gasteiger partial charge in [-0.25, -0.2) is 0 Å². The highest BCUT2D eigenvalue weighted by Crippen LogP contribution is 2.48. The number of carbonyl (C=O) groups is 6. The Balaban J connectivity index is 0.898. The smallest absolute Gasteiger partial charge is 0.246 e. The molecule has 2 aromatic carbocycles. The molecule has 0 aliphatic carbocycles. The second-order valence-corrected chi connectivity index (χ2v) is 24.5. The van der Waals surface area contributed by atoms with Gasteiger partial charge in [-0.1, -0.05) is 127 Å². The van der Waals surface area contributed by atoms with Crippen LogP contribution in [0.4, 0.5) is 0 Å². The monoisotopic (exact) mass is 1060 g/mol. The molecule has 74 heavy (non-hydrogen) atoms. The fraction of sp³-hybridized carbons (Fsp3) is 0.679. The van der Waals surface area contributed by atoms with Crippen LogP contribution in [-0.2, 0) is 38.2 Å². The highest BCUT2D eigenvalue weighted by Gasteiger charge is 2.56. The summed E-state index contributed by atoms with van der Waals surface area (Å²) in [5.41, 5.74) is 0.935. The first kappa shape index (κ1) is 59.1. The second kappa shape index (κ2) is 28.3. The fourth-order valence-electron chi connectivity index (χ4n) is 10.7. The molecular formula is C56H86N8O8S2. The SMILES string of the molecule is CNC(C)C(=O)N[C@H]1CCS[C@H]2CC(C)(C)[C@@H](C(=O)NC(COCCCCCCCCCCOCC(NC(=O)[C@H]3N4C(=O)[C@@H](NC(=O)C(C)NC)CCS[C@H]4CC3(C)C)c3ccccc3)c3ccccc3)N2C1=O. The van der Waals surface area contributed by atoms with Gasteiger partial charge in [0.2, 0.25) is 35.4 Å². The van der Waals surface area contributed by atoms with Crippen LogP contribution in [0, 0.1) is 10.8 Å². The Kier molecular flexibility index (Phi) is 22.5. The molecule has 0 radical (unpaired) electrons. The maximum atomic E-state index is 14.3. The van der Waals surface area contributed by atoms with Gasteiger partial charge in [0.05, 0.1) is 48.1 Å². The molecule has 4 fully saturated rings. The van der Waals surface area contributed by atoms with Crippen molar-refractivity contribution in [2.75, 3.05) is 52.0 Å². The molecule has 6 amide bonds. The zero-order valence-corrected chi connectivity index (χ0v) is 46.9. The predicted octanol–water partition coefficient (Wildman–Crippen LogP) is 6.22. The number of ether oxygens (including phenoxy) is 2. The van der Waals surface area contributed by atoms with Crippen molar-refractivity contribution in [1.82, 2.24) is 41.7 Å². The van der Waals surface area contributed by atoms with E-state index in [1.165, 1.54) is 0 Å². The number of likely N-dealkylation sites (N-methyl/N-ethyl adjacent to an activating group) is 2. The molecular weight excluding hydrogens is 977 g/mol. The molecule has 4 aliphatic heterocycles. The van der Waals surface area contributed by atoms with Gasteiger partial charge in [0.25, 0.3) is 0 Å². The molecule has 2 aromatic rings. The first-order chi connectivity index (χ1) is 35.5. The third-order valence-electron chi connectivity index (χ3n) is 15.3. The van der Waals surface area contributed by atoms with Gasteiger partial charge in [0, 0.05) is 13.2 Å². The van der Waals surface area contributed by atoms with E-state index in [2.05, 4.69) is 31.9 Å². The van der Waals surface area contributed by atoms with Crippen molar-refractivity contribution < 1.29 is 38.2 Å². The first-order valence-electron chi connectivity index (χ1n) is 27.2. The quantitative estimate of drug-likeness (QED) is 0.0554. The number of benzene rings is 2. The molecule has 4 saturated heterocycles. The minimum Gasteiger partial charge on any atom is -0.379 e. The first-order valence-corrected chi connectivity index (χ1v) is 29.3. The molecule has 4 aliphatic rings. The molecule has 0 spiro atoms. The topological polar surface area (TPSA) is 200 Å². The fourth-order valence-corrected chi connectivity index (χ4v) is 13.9. The summed E-state index contributed by atoms with van der Waals surface area (Å²) in [7, 11) is 3.42. The van der Waals surface area contributed by atoms with E-state index in [1.807, 2.05) is 88.4 Å². The molecule has 6 rings (SSSR count). The third-order valence-corrected chi connectivity index (χ3v) is 17.8. The number of nitrogens with zero attached hydrogens (tertiary/aromatic N) is 2. The Morgan fingerprint density at radius 2 is 0.932 bits per heavy atom. The zero-order chi connectivity index (χ0) is 53.4. The number of hydrogen-bond acceptors (Lipinski definition) is 12. The van der Waals surface area contributed by atoms with Crippen molar-refractivity contribution in [1.29, 1.82) is 0 Å². The highest BCUT2D eigenvalue weighted by atomic mass is 32.2. The van der Waals surface area contributed by atoms with Gasteiger partial charge < -0.3 is 51.2 Å². The minimum atomic E-state index is -0.695. The molecule has 6 N–H and O–H groups in total. The van der Waals surface area contributed by atoms with Crippen LogP contribution in [0.3, 0.4) is 0 Å². The Morgan fingerprint density at radius 1 is 0.581 bits per heavy atom. The number of amides is 6. The van der Waals surface area contributed by atoms with Gasteiger partial charge in [0.1, 0.15) is 24.2 Å². The Hall–Kier alpha value is -4.20. The van der Waals surface area contributed by atoms with Crippen LogP contribution in [0.25, 0.3) is 0 Å². The average molecular weight is 1060 g/mol. The summed E-state index contributed by atoms with van der Waals surface area (Å²) in [5.74, 6) is 0.128. The van der Waals surface area contributed by atoms with E-state index in [-0.39, 0.29) is 46.2 Å². The summed E-state index contributed by atoms with van der Waals surface area (Å²) >= 11 is 3.37. The summed E-state index contributed by atoms with van der Waals surface area (Å²) in [5, 5.41) is 18.0. The van der Waals surface area contributed by atoms with Crippen molar-refractivity contribution >= 4 is 59.0 Å². The zero-order valence-electron chi connectivity index (χ0n) is 45.3. The third kappa shape index (κ3) is 15.7. The van der Waals surface area contributed by atoms with Crippen molar-refractivity contribution in [2.45, 2.75) is 178 Å². The molecule has 410 valence electrons. The van der Waals surface area contributed by atoms with Gasteiger partial charge in [-0.05, 0) is 99.9 Å². The number of unbranched alkanes of at least 4 members (excludes halogenated alkanes) is 7. The summed E-state index contributed by atoms with van der Waals surface area (Å²) in [6, 6.07) is 15.2. The van der Waals surface area contributed by atoms with E-state index < -0.39 is 59.2 Å². The minimum absolute atomic E-state index is 0.145. The summed E-state index contributed by atoms with van der Waals surface area (Å²) in [4.78, 5) is 86.0. The maximum absolute atomic E-state index is 14.3. The van der Waals surface area contributed by atoms with Crippen LogP contribution >= 0.6 is 23.5 Å². The van der Waals surface area contributed by atoms with Crippen molar-refractivity contribution in [3.8, 4) is 0 Å². The predicted molar refractivity (Wildman–Crippen MR) is 294 cm³/mol. The van der Waals surface area contributed by atoms with E-state index in [0.717, 1.165) is 62.5 Å². The molecule has 10 atom stereocenters. The highest BCUT2D eigenvalue weighted by molar-refractivity contribution is 8.00. The Labute approximate surface area is 449 Å². The van der Waals surface area contributed by atoms with E-state index >= 15 is 0 Å². The van der Waals surface area contributed by atoms with Crippen LogP contribution in [0.1, 0.15) is 142 Å². The molecule has 0 saturated carbocycles. The normalized spacial score (nSPS) is 24.9. The molecule has 0 aromatic heterocycles. The molecule has 18 heteroatoms. The van der Waals surface area contributed by atoms with Gasteiger partial charge >= 0.3 is 0 Å². The molecule has 0 bridgehead atoms. The van der Waals surface area contributed by atoms with Crippen molar-refractivity contribution in [3.63, 3.8) is 0 Å². The summed E-state index contributed by atoms with van der Waals surface area (Å²) < 4.78 is 12.5. The van der Waals surface area contributed by atoms with E-state index in [1.54, 1.807) is 61.3 Å². The number of rotatable bonds is 27. The molecule has 16 nitrogen and oxygen atoms in total. The molecule has 4 unspecified atom stereocenters. The van der Waals surface area contributed by atoms with Crippen molar-refractivity contribution in [3.05, 3.63) is 71.8 Å². The Bertz CT molecular complexity index is 2010. The van der Waals surface area contributed by atoms with Gasteiger partial charge in [-0.3, -0.25) is 28.8 Å². The van der Waals surface area contributed by atoms with E-state index in [4.69, 9.17) is 9.47 Å². The Morgan fingerprint density at radius 3 is 1.28 bits per heavy atom. The van der Waals surface area contributed by atoms with Crippen LogP contribution in [0.2, 0.25) is 0 Å². The lowest BCUT2D eigenvalue weighted by Crippen LogP contribution is -2.58. The van der Waals surface area contributed by atoms with Crippen LogP contribution in [0.15, 0.2) is 60.7 Å². The van der Waals surface area contributed by atoms with Crippen molar-refractivity contribution in [2.24, 2.45) is 10.8 Å². The number of hydrogen-bond donors (Lipinski definition) is 6. The maximum Gasteiger partial charge on any atom is 0.246 e. The number of carbonyl (C=O) groups excluding carboxylic acids is 6. The van der Waals surface area contributed by atoms with E-state index in [0.29, 0.717) is 63.6 Å². The largest absolute Gasteiger partial charge is 0.379 e. The average Bonchev–Trinajstić information content (AvgIpc) is 3.71. The number of thioether (sulfide) groups is 2. The van der Waals surface area contributed by atoms with Gasteiger partial charge in [-0.2, -0.15) is 0 Å². The van der Waals surface area contributed by atoms with Crippen LogP contribution < -0.4 is 31.9 Å². The van der Waals surface area contributed by atoms with E-state index in [9.17, 15) is 28.8 Å². The van der Waals surface area contributed by atoms with Gasteiger partial charge in [0.15, 0.2) is 0 Å². The van der Waals surface area contributed by atoms with Crippen LogP contribution in [0.5, 0.6) is 0 Å². The number of fused-ring (bicyclic) bond motifs is 2. The van der Waals surface area contributed by atoms with Crippen LogP contribution in [-0.4, -0.2) is 144 Å². The lowest BCUT2D eigenvalue weighted by atomic mass is 9.83. The standard InChI is InChI=1S/C56H86N8O8S2/c1-37(57-7)49(65)59-41-27-31-73-45-33-55(3,4)47(63(45)53(41)69)51(67)61-43(39-23-17-15-18-24-39)35-71-29-21-13-11-9-10-12-14-22-30-72-36-44(40-25-19-16-20-26-40)62-52(68)48-56(5,6)34-46-64(48)54(70)42(28-32-74-46)60-50(66)38(2)58-8/h15-20,23-26,37-38,41-48,57-58H,9-14,21-22,27-36H2,1-8H3,(H,59,65)(H,60,66)(H,61,67)(H,62,68)/t37?,38?,41-,42-,43?,44?,45-,46-,47+,48+/m0/s1.